The first kappa shape index (κ1) is 49.8. The summed E-state index contributed by atoms with van der Waals surface area (Å²) in [5.41, 5.74) is 1.86. The van der Waals surface area contributed by atoms with Gasteiger partial charge in [-0.1, -0.05) is 57.1 Å². The van der Waals surface area contributed by atoms with Crippen LogP contribution in [0.15, 0.2) is 36.0 Å². The number of nitrogens with zero attached hydrogens (tertiary/aromatic N) is 1. The third-order valence-electron chi connectivity index (χ3n) is 12.9. The molecule has 2 aliphatic heterocycles. The van der Waals surface area contributed by atoms with Gasteiger partial charge in [0, 0.05) is 52.6 Å². The summed E-state index contributed by atoms with van der Waals surface area (Å²) in [6.45, 7) is 17.3. The molecule has 3 fully saturated rings. The zero-order chi connectivity index (χ0) is 43.5. The lowest BCUT2D eigenvalue weighted by Gasteiger charge is -2.47. The Morgan fingerprint density at radius 2 is 1.64 bits per heavy atom. The van der Waals surface area contributed by atoms with Crippen molar-refractivity contribution < 1.29 is 53.4 Å². The van der Waals surface area contributed by atoms with E-state index in [1.807, 2.05) is 47.6 Å². The van der Waals surface area contributed by atoms with Crippen molar-refractivity contribution in [3.8, 4) is 0 Å². The topological polar surface area (TPSA) is 169 Å². The zero-order valence-corrected chi connectivity index (χ0v) is 37.0. The van der Waals surface area contributed by atoms with Gasteiger partial charge in [-0.05, 0) is 102 Å². The molecule has 0 aromatic heterocycles. The van der Waals surface area contributed by atoms with Crippen LogP contribution < -0.4 is 0 Å². The van der Waals surface area contributed by atoms with Crippen molar-refractivity contribution >= 4 is 23.3 Å². The maximum atomic E-state index is 14.6. The quantitative estimate of drug-likeness (QED) is 0.0927. The van der Waals surface area contributed by atoms with Gasteiger partial charge in [0.15, 0.2) is 5.78 Å². The largest absolute Gasteiger partial charge is 0.392 e. The molecule has 13 atom stereocenters. The minimum Gasteiger partial charge on any atom is -0.392 e. The molecule has 0 aromatic carbocycles. The Morgan fingerprint density at radius 3 is 2.22 bits per heavy atom. The molecule has 0 bridgehead atoms. The number of Topliss-reactive ketones (excluding diaryl/α,β-unsaturated/α-hetero) is 3. The highest BCUT2D eigenvalue weighted by molar-refractivity contribution is 6.39. The maximum absolute atomic E-state index is 14.6. The van der Waals surface area contributed by atoms with E-state index in [-0.39, 0.29) is 55.3 Å². The van der Waals surface area contributed by atoms with Gasteiger partial charge in [-0.3, -0.25) is 19.2 Å². The lowest BCUT2D eigenvalue weighted by atomic mass is 9.75. The van der Waals surface area contributed by atoms with Gasteiger partial charge in [0.2, 0.25) is 5.79 Å². The number of piperidine rings is 1. The van der Waals surface area contributed by atoms with Crippen LogP contribution in [0.5, 0.6) is 0 Å². The van der Waals surface area contributed by atoms with Gasteiger partial charge in [-0.2, -0.15) is 0 Å². The molecule has 12 nitrogen and oxygen atoms in total. The average molecular weight is 818 g/mol. The highest BCUT2D eigenvalue weighted by atomic mass is 16.7. The van der Waals surface area contributed by atoms with Crippen molar-refractivity contribution in [2.45, 2.75) is 168 Å². The van der Waals surface area contributed by atoms with E-state index < -0.39 is 77.7 Å². The number of rotatable bonds is 21. The van der Waals surface area contributed by atoms with Gasteiger partial charge in [0.25, 0.3) is 11.7 Å². The third-order valence-corrected chi connectivity index (χ3v) is 12.9. The van der Waals surface area contributed by atoms with Crippen molar-refractivity contribution in [3.63, 3.8) is 0 Å². The molecule has 2 saturated heterocycles. The number of ketones is 3. The average Bonchev–Trinajstić information content (AvgIpc) is 3.19. The summed E-state index contributed by atoms with van der Waals surface area (Å²) >= 11 is 0. The van der Waals surface area contributed by atoms with E-state index in [0.717, 1.165) is 17.6 Å². The molecule has 3 aliphatic rings. The van der Waals surface area contributed by atoms with E-state index in [9.17, 15) is 34.5 Å². The van der Waals surface area contributed by atoms with Gasteiger partial charge in [0.1, 0.15) is 11.9 Å². The van der Waals surface area contributed by atoms with E-state index in [1.165, 1.54) is 4.90 Å². The van der Waals surface area contributed by atoms with Gasteiger partial charge >= 0.3 is 0 Å². The summed E-state index contributed by atoms with van der Waals surface area (Å²) in [6, 6.07) is -0.929. The molecule has 58 heavy (non-hydrogen) atoms. The molecule has 0 radical (unpaired) electrons. The Kier molecular flexibility index (Phi) is 19.6. The fraction of sp³-hybridized carbons (Fsp3) is 0.783. The molecule has 0 aromatic rings. The zero-order valence-electron chi connectivity index (χ0n) is 37.0. The van der Waals surface area contributed by atoms with Crippen molar-refractivity contribution in [2.75, 3.05) is 27.9 Å². The van der Waals surface area contributed by atoms with Crippen LogP contribution in [0.2, 0.25) is 0 Å². The normalized spacial score (nSPS) is 30.8. The second-order valence-electron chi connectivity index (χ2n) is 18.0. The Labute approximate surface area is 347 Å². The Morgan fingerprint density at radius 1 is 0.966 bits per heavy atom. The van der Waals surface area contributed by atoms with Gasteiger partial charge in [-0.15, -0.1) is 6.58 Å². The summed E-state index contributed by atoms with van der Waals surface area (Å²) in [6.07, 6.45) is 6.55. The standard InChI is InChI=1S/C46H75NO11/c1-12-15-33(20-27(2)3)38(50)26-37(49)31(8)34(29(6)22-32-17-18-36(48)40(24-32)55-9)25-39(51)35-16-13-14-19-47(35)45(53)44(52)46(54)30(7)23-42(57-11)43(58-46)41(56-10)21-28(4)5/h12,20,22,28,30-37,40-43,48-49,54H,1,13-19,21,23-26H2,2-11H3/b29-22+. The van der Waals surface area contributed by atoms with Crippen molar-refractivity contribution in [1.82, 2.24) is 4.90 Å². The number of methoxy groups -OCH3 is 3. The van der Waals surface area contributed by atoms with Crippen molar-refractivity contribution in [3.05, 3.63) is 36.0 Å². The molecular weight excluding hydrogens is 743 g/mol. The SMILES string of the molecule is C=CCC(C=C(C)C)C(=O)CC(O)C(C)C(CC(=O)C1CCCCN1C(=O)C(=O)C1(O)OC(C(CC(C)C)OC)C(OC)CC1C)/C(C)=C/C1CCC(O)C(OC)C1. The molecule has 12 heteroatoms. The van der Waals surface area contributed by atoms with E-state index in [0.29, 0.717) is 44.9 Å². The fourth-order valence-electron chi connectivity index (χ4n) is 9.33. The monoisotopic (exact) mass is 818 g/mol. The number of ether oxygens (including phenoxy) is 4. The van der Waals surface area contributed by atoms with Crippen LogP contribution in [0, 0.1) is 35.5 Å². The molecular formula is C46H75NO11. The predicted octanol–water partition coefficient (Wildman–Crippen LogP) is 5.94. The van der Waals surface area contributed by atoms with Gasteiger partial charge in [-0.25, -0.2) is 0 Å². The van der Waals surface area contributed by atoms with Crippen LogP contribution in [0.1, 0.15) is 119 Å². The summed E-state index contributed by atoms with van der Waals surface area (Å²) in [5.74, 6) is -6.86. The van der Waals surface area contributed by atoms with Crippen molar-refractivity contribution in [2.24, 2.45) is 35.5 Å². The predicted molar refractivity (Wildman–Crippen MR) is 223 cm³/mol. The number of aliphatic hydroxyl groups is 3. The van der Waals surface area contributed by atoms with Crippen LogP contribution in [-0.2, 0) is 38.1 Å². The molecule has 13 unspecified atom stereocenters. The number of likely N-dealkylation sites (tertiary alicyclic amines) is 1. The first-order chi connectivity index (χ1) is 27.3. The number of hydrogen-bond donors (Lipinski definition) is 3. The molecule has 1 aliphatic carbocycles. The second kappa shape index (κ2) is 22.9. The number of hydrogen-bond acceptors (Lipinski definition) is 11. The van der Waals surface area contributed by atoms with Crippen LogP contribution >= 0.6 is 0 Å². The van der Waals surface area contributed by atoms with E-state index in [4.69, 9.17) is 18.9 Å². The summed E-state index contributed by atoms with van der Waals surface area (Å²) < 4.78 is 23.2. The lowest BCUT2D eigenvalue weighted by molar-refractivity contribution is -0.302. The molecule has 1 amide bonds. The smallest absolute Gasteiger partial charge is 0.296 e. The van der Waals surface area contributed by atoms with Crippen LogP contribution in [0.25, 0.3) is 0 Å². The van der Waals surface area contributed by atoms with Gasteiger partial charge < -0.3 is 39.2 Å². The molecule has 3 rings (SSSR count). The number of amides is 1. The van der Waals surface area contributed by atoms with E-state index >= 15 is 0 Å². The highest BCUT2D eigenvalue weighted by Crippen LogP contribution is 2.39. The van der Waals surface area contributed by atoms with E-state index in [1.54, 1.807) is 34.3 Å². The molecule has 3 N–H and O–H groups in total. The van der Waals surface area contributed by atoms with Crippen molar-refractivity contribution in [1.29, 1.82) is 0 Å². The minimum atomic E-state index is -2.45. The summed E-state index contributed by atoms with van der Waals surface area (Å²) in [4.78, 5) is 57.8. The molecule has 330 valence electrons. The van der Waals surface area contributed by atoms with E-state index in [2.05, 4.69) is 12.7 Å². The maximum Gasteiger partial charge on any atom is 0.296 e. The lowest BCUT2D eigenvalue weighted by Crippen LogP contribution is -2.64. The molecule has 1 saturated carbocycles. The van der Waals surface area contributed by atoms with Crippen LogP contribution in [0.3, 0.4) is 0 Å². The summed E-state index contributed by atoms with van der Waals surface area (Å²) in [5, 5.41) is 34.0. The highest BCUT2D eigenvalue weighted by Gasteiger charge is 2.56. The first-order valence-corrected chi connectivity index (χ1v) is 21.5. The minimum absolute atomic E-state index is 0.0377. The molecule has 0 spiro atoms. The number of aliphatic hydroxyl groups excluding tert-OH is 2. The second-order valence-corrected chi connectivity index (χ2v) is 18.0. The number of allylic oxidation sites excluding steroid dienone is 5. The van der Waals surface area contributed by atoms with Gasteiger partial charge in [0.05, 0.1) is 36.6 Å². The fourth-order valence-corrected chi connectivity index (χ4v) is 9.33. The Bertz CT molecular complexity index is 1450. The third kappa shape index (κ3) is 12.7. The van der Waals surface area contributed by atoms with Crippen LogP contribution in [0.4, 0.5) is 0 Å². The summed E-state index contributed by atoms with van der Waals surface area (Å²) in [7, 11) is 4.66. The Hall–Kier alpha value is -2.58. The first-order valence-electron chi connectivity index (χ1n) is 21.5. The number of carbonyl (C=O) groups excluding carboxylic acids is 4. The van der Waals surface area contributed by atoms with Crippen LogP contribution in [-0.4, -0.2) is 120 Å². The Balaban J connectivity index is 1.93. The molecule has 2 heterocycles. The number of carbonyl (C=O) groups is 4.